The number of likely N-dealkylation sites (tertiary alicyclic amines) is 1. The van der Waals surface area contributed by atoms with Crippen molar-refractivity contribution >= 4 is 5.91 Å². The van der Waals surface area contributed by atoms with Crippen molar-refractivity contribution in [1.29, 1.82) is 0 Å². The molecule has 0 N–H and O–H groups in total. The topological polar surface area (TPSA) is 51.2 Å². The van der Waals surface area contributed by atoms with Crippen molar-refractivity contribution in [3.63, 3.8) is 0 Å². The van der Waals surface area contributed by atoms with Crippen LogP contribution in [0.4, 0.5) is 0 Å². The molecule has 4 bridgehead atoms. The van der Waals surface area contributed by atoms with Crippen LogP contribution in [0.3, 0.4) is 0 Å². The SMILES string of the molecule is COc1ccc2c3c1O[C@@H]1[C@]34CCN(CC3CC3)[C@H](C2)[C@@]42C=C(C(=O)N(C)[C@@H]3C[C@H]3c3ccccc3)[C@]1(OC)CC2. The highest BCUT2D eigenvalue weighted by molar-refractivity contribution is 5.97. The minimum atomic E-state index is -0.772. The Morgan fingerprint density at radius 1 is 1.10 bits per heavy atom. The van der Waals surface area contributed by atoms with Gasteiger partial charge in [-0.05, 0) is 74.6 Å². The molecule has 6 nitrogen and oxygen atoms in total. The zero-order valence-corrected chi connectivity index (χ0v) is 24.4. The van der Waals surface area contributed by atoms with E-state index < -0.39 is 5.60 Å². The molecule has 2 heterocycles. The Morgan fingerprint density at radius 3 is 2.68 bits per heavy atom. The van der Waals surface area contributed by atoms with Crippen molar-refractivity contribution in [2.75, 3.05) is 34.4 Å². The van der Waals surface area contributed by atoms with Gasteiger partial charge in [-0.25, -0.2) is 0 Å². The summed E-state index contributed by atoms with van der Waals surface area (Å²) >= 11 is 0. The molecule has 8 aliphatic rings. The highest BCUT2D eigenvalue weighted by atomic mass is 16.6. The number of piperidine rings is 1. The molecule has 0 radical (unpaired) electrons. The summed E-state index contributed by atoms with van der Waals surface area (Å²) in [5.41, 5.74) is 3.80. The van der Waals surface area contributed by atoms with E-state index >= 15 is 0 Å². The van der Waals surface area contributed by atoms with Crippen molar-refractivity contribution in [2.45, 2.75) is 80.1 Å². The van der Waals surface area contributed by atoms with Gasteiger partial charge in [0.2, 0.25) is 0 Å². The van der Waals surface area contributed by atoms with Gasteiger partial charge in [-0.1, -0.05) is 42.5 Å². The molecule has 41 heavy (non-hydrogen) atoms. The van der Waals surface area contributed by atoms with Crippen molar-refractivity contribution in [3.8, 4) is 11.5 Å². The van der Waals surface area contributed by atoms with E-state index in [-0.39, 0.29) is 28.9 Å². The molecule has 2 aromatic carbocycles. The maximum Gasteiger partial charge on any atom is 0.252 e. The summed E-state index contributed by atoms with van der Waals surface area (Å²) in [5, 5.41) is 0. The molecule has 1 amide bonds. The number of hydrogen-bond acceptors (Lipinski definition) is 5. The van der Waals surface area contributed by atoms with Crippen LogP contribution in [0.15, 0.2) is 54.1 Å². The minimum Gasteiger partial charge on any atom is -0.493 e. The highest BCUT2D eigenvalue weighted by Crippen LogP contribution is 2.75. The number of nitrogens with zero attached hydrogens (tertiary/aromatic N) is 2. The van der Waals surface area contributed by atoms with E-state index in [2.05, 4.69) is 53.4 Å². The van der Waals surface area contributed by atoms with Gasteiger partial charge in [0, 0.05) is 55.3 Å². The maximum atomic E-state index is 14.6. The van der Waals surface area contributed by atoms with Crippen LogP contribution >= 0.6 is 0 Å². The summed E-state index contributed by atoms with van der Waals surface area (Å²) < 4.78 is 19.6. The van der Waals surface area contributed by atoms with Gasteiger partial charge < -0.3 is 19.1 Å². The molecule has 2 spiro atoms. The Balaban J connectivity index is 1.18. The van der Waals surface area contributed by atoms with Gasteiger partial charge in [-0.3, -0.25) is 9.69 Å². The molecule has 6 heteroatoms. The molecular formula is C35H40N2O4. The van der Waals surface area contributed by atoms with Crippen molar-refractivity contribution in [3.05, 3.63) is 70.8 Å². The van der Waals surface area contributed by atoms with E-state index in [9.17, 15) is 4.79 Å². The molecule has 2 aromatic rings. The number of benzene rings is 2. The number of carbonyl (C=O) groups is 1. The van der Waals surface area contributed by atoms with Crippen molar-refractivity contribution in [2.24, 2.45) is 11.3 Å². The first kappa shape index (κ1) is 24.7. The number of likely N-dealkylation sites (N-methyl/N-ethyl adjacent to an activating group) is 1. The van der Waals surface area contributed by atoms with Gasteiger partial charge in [0.25, 0.3) is 5.91 Å². The molecule has 214 valence electrons. The molecule has 2 aliphatic heterocycles. The number of methoxy groups -OCH3 is 2. The Labute approximate surface area is 242 Å². The molecule has 0 unspecified atom stereocenters. The van der Waals surface area contributed by atoms with Crippen LogP contribution in [0, 0.1) is 11.3 Å². The predicted octanol–water partition coefficient (Wildman–Crippen LogP) is 4.85. The van der Waals surface area contributed by atoms with E-state index in [0.29, 0.717) is 12.0 Å². The fourth-order valence-electron chi connectivity index (χ4n) is 10.3. The third-order valence-corrected chi connectivity index (χ3v) is 12.4. The fourth-order valence-corrected chi connectivity index (χ4v) is 10.3. The predicted molar refractivity (Wildman–Crippen MR) is 155 cm³/mol. The molecule has 10 rings (SSSR count). The van der Waals surface area contributed by atoms with Crippen LogP contribution in [0.25, 0.3) is 0 Å². The lowest BCUT2D eigenvalue weighted by Crippen LogP contribution is -2.78. The van der Waals surface area contributed by atoms with Gasteiger partial charge in [-0.15, -0.1) is 0 Å². The number of fused-ring (bicyclic) bond motifs is 1. The summed E-state index contributed by atoms with van der Waals surface area (Å²) in [4.78, 5) is 19.5. The van der Waals surface area contributed by atoms with Crippen molar-refractivity contribution < 1.29 is 19.0 Å². The Bertz CT molecular complexity index is 1480. The van der Waals surface area contributed by atoms with Gasteiger partial charge in [-0.2, -0.15) is 0 Å². The summed E-state index contributed by atoms with van der Waals surface area (Å²) in [7, 11) is 5.54. The Morgan fingerprint density at radius 2 is 1.93 bits per heavy atom. The smallest absolute Gasteiger partial charge is 0.252 e. The molecular weight excluding hydrogens is 512 g/mol. The van der Waals surface area contributed by atoms with Gasteiger partial charge in [0.1, 0.15) is 11.7 Å². The zero-order valence-electron chi connectivity index (χ0n) is 24.4. The fraction of sp³-hybridized carbons (Fsp3) is 0.571. The molecule has 4 fully saturated rings. The Kier molecular flexibility index (Phi) is 4.93. The summed E-state index contributed by atoms with van der Waals surface area (Å²) in [6, 6.07) is 15.6. The second-order valence-corrected chi connectivity index (χ2v) is 13.9. The number of hydrogen-bond donors (Lipinski definition) is 0. The van der Waals surface area contributed by atoms with Gasteiger partial charge in [0.15, 0.2) is 11.5 Å². The van der Waals surface area contributed by atoms with E-state index in [0.717, 1.165) is 61.6 Å². The summed E-state index contributed by atoms with van der Waals surface area (Å²) in [6.45, 7) is 2.26. The van der Waals surface area contributed by atoms with Crippen LogP contribution < -0.4 is 9.47 Å². The maximum absolute atomic E-state index is 14.6. The number of ether oxygens (including phenoxy) is 3. The summed E-state index contributed by atoms with van der Waals surface area (Å²) in [6.07, 6.45) is 9.81. The number of amides is 1. The molecule has 6 aliphatic carbocycles. The molecule has 3 saturated carbocycles. The first-order valence-electron chi connectivity index (χ1n) is 15.7. The van der Waals surface area contributed by atoms with Crippen LogP contribution in [0.1, 0.15) is 61.1 Å². The van der Waals surface area contributed by atoms with Gasteiger partial charge in [0.05, 0.1) is 12.5 Å². The largest absolute Gasteiger partial charge is 0.493 e. The van der Waals surface area contributed by atoms with Crippen molar-refractivity contribution in [1.82, 2.24) is 9.80 Å². The normalized spacial score (nSPS) is 39.0. The van der Waals surface area contributed by atoms with E-state index in [4.69, 9.17) is 14.2 Å². The minimum absolute atomic E-state index is 0.119. The zero-order chi connectivity index (χ0) is 27.7. The van der Waals surface area contributed by atoms with Crippen LogP contribution in [-0.4, -0.2) is 73.9 Å². The quantitative estimate of drug-likeness (QED) is 0.492. The summed E-state index contributed by atoms with van der Waals surface area (Å²) in [5.74, 6) is 3.05. The third-order valence-electron chi connectivity index (χ3n) is 12.4. The first-order chi connectivity index (χ1) is 20.0. The monoisotopic (exact) mass is 552 g/mol. The molecule has 7 atom stereocenters. The molecule has 0 aromatic heterocycles. The van der Waals surface area contributed by atoms with E-state index in [1.165, 1.54) is 36.1 Å². The Hall–Kier alpha value is -2.83. The molecule has 1 saturated heterocycles. The van der Waals surface area contributed by atoms with Gasteiger partial charge >= 0.3 is 0 Å². The lowest BCUT2D eigenvalue weighted by molar-refractivity contribution is -0.198. The number of carbonyl (C=O) groups excluding carboxylic acids is 1. The van der Waals surface area contributed by atoms with E-state index in [1.54, 1.807) is 14.2 Å². The standard InChI is InChI=1S/C35H40N2O4/c1-36(26-18-24(26)22-7-5-4-6-8-22)31(38)25-19-33-13-14-35(25,40-3)32-34(33)15-16-37(20-21-9-10-21)28(33)17-23-11-12-27(39-2)30(41-32)29(23)34/h4-8,11-12,19,21,24,26,28,32H,9-10,13-18,20H2,1-3H3/t24-,26+,28+,32+,33+,34-,35+/m0/s1. The lowest BCUT2D eigenvalue weighted by atomic mass is 9.37. The average Bonchev–Trinajstić information content (AvgIpc) is 3.94. The average molecular weight is 553 g/mol. The lowest BCUT2D eigenvalue weighted by Gasteiger charge is -2.70. The second-order valence-electron chi connectivity index (χ2n) is 13.9. The van der Waals surface area contributed by atoms with E-state index in [1.807, 2.05) is 11.9 Å². The first-order valence-corrected chi connectivity index (χ1v) is 15.7. The van der Waals surface area contributed by atoms with Crippen LogP contribution in [-0.2, 0) is 21.4 Å². The second kappa shape index (κ2) is 8.17. The highest BCUT2D eigenvalue weighted by Gasteiger charge is 2.79. The van der Waals surface area contributed by atoms with Crippen LogP contribution in [0.2, 0.25) is 0 Å². The number of rotatable bonds is 7. The third kappa shape index (κ3) is 2.93. The van der Waals surface area contributed by atoms with Crippen LogP contribution in [0.5, 0.6) is 11.5 Å².